The van der Waals surface area contributed by atoms with E-state index < -0.39 is 39.5 Å². The van der Waals surface area contributed by atoms with E-state index in [1.807, 2.05) is 44.2 Å². The molecular weight excluding hydrogens is 476 g/mol. The van der Waals surface area contributed by atoms with Gasteiger partial charge in [0, 0.05) is 11.4 Å². The summed E-state index contributed by atoms with van der Waals surface area (Å²) in [5.74, 6) is -0.262. The Balaban J connectivity index is 2.22. The van der Waals surface area contributed by atoms with Crippen molar-refractivity contribution in [2.75, 3.05) is 0 Å². The van der Waals surface area contributed by atoms with Gasteiger partial charge in [-0.2, -0.15) is 0 Å². The van der Waals surface area contributed by atoms with E-state index in [0.717, 1.165) is 11.0 Å². The van der Waals surface area contributed by atoms with Gasteiger partial charge in [-0.15, -0.1) is 0 Å². The number of carbonyl (C=O) groups excluding carboxylic acids is 2. The molecule has 2 amide bonds. The third kappa shape index (κ3) is 10.6. The minimum Gasteiger partial charge on any atom is -0.444 e. The molecule has 8 heteroatoms. The van der Waals surface area contributed by atoms with Crippen molar-refractivity contribution >= 4 is 21.8 Å². The number of amides is 2. The van der Waals surface area contributed by atoms with Gasteiger partial charge >= 0.3 is 6.09 Å². The van der Waals surface area contributed by atoms with Crippen molar-refractivity contribution in [1.82, 2.24) is 10.6 Å². The molecule has 0 aliphatic rings. The van der Waals surface area contributed by atoms with Crippen LogP contribution in [-0.2, 0) is 25.8 Å². The first kappa shape index (κ1) is 29.1. The fraction of sp³-hybridized carbons (Fsp3) is 0.429. The molecule has 2 N–H and O–H groups in total. The Bertz CT molecular complexity index is 1110. The molecule has 0 radical (unpaired) electrons. The van der Waals surface area contributed by atoms with Gasteiger partial charge in [0.15, 0.2) is 9.84 Å². The molecule has 2 aromatic carbocycles. The fourth-order valence-electron chi connectivity index (χ4n) is 3.51. The van der Waals surface area contributed by atoms with Crippen molar-refractivity contribution in [2.45, 2.75) is 76.5 Å². The van der Waals surface area contributed by atoms with Crippen molar-refractivity contribution < 1.29 is 22.7 Å². The summed E-state index contributed by atoms with van der Waals surface area (Å²) in [6.45, 7) is 9.16. The number of hydrogen-bond donors (Lipinski definition) is 2. The van der Waals surface area contributed by atoms with Crippen LogP contribution < -0.4 is 10.6 Å². The van der Waals surface area contributed by atoms with E-state index in [1.165, 1.54) is 18.2 Å². The lowest BCUT2D eigenvalue weighted by atomic mass is 10.0. The van der Waals surface area contributed by atoms with Crippen molar-refractivity contribution in [1.29, 1.82) is 0 Å². The predicted molar refractivity (Wildman–Crippen MR) is 142 cm³/mol. The van der Waals surface area contributed by atoms with E-state index in [4.69, 9.17) is 4.74 Å². The van der Waals surface area contributed by atoms with Gasteiger partial charge < -0.3 is 15.4 Å². The quantitative estimate of drug-likeness (QED) is 0.438. The molecule has 0 aliphatic heterocycles. The third-order valence-corrected chi connectivity index (χ3v) is 6.64. The maximum Gasteiger partial charge on any atom is 0.408 e. The van der Waals surface area contributed by atoms with Gasteiger partial charge in [-0.05, 0) is 63.6 Å². The van der Waals surface area contributed by atoms with Crippen LogP contribution in [0.25, 0.3) is 0 Å². The summed E-state index contributed by atoms with van der Waals surface area (Å²) in [5.41, 5.74) is 0.372. The lowest BCUT2D eigenvalue weighted by Gasteiger charge is -2.25. The molecule has 2 atom stereocenters. The summed E-state index contributed by atoms with van der Waals surface area (Å²) < 4.78 is 30.9. The highest BCUT2D eigenvalue weighted by Gasteiger charge is 2.26. The molecule has 0 aliphatic carbocycles. The molecule has 0 aromatic heterocycles. The Morgan fingerprint density at radius 1 is 0.944 bits per heavy atom. The van der Waals surface area contributed by atoms with Gasteiger partial charge in [0.1, 0.15) is 11.6 Å². The van der Waals surface area contributed by atoms with Crippen molar-refractivity contribution in [3.63, 3.8) is 0 Å². The van der Waals surface area contributed by atoms with Gasteiger partial charge in [0.05, 0.1) is 4.90 Å². The Kier molecular flexibility index (Phi) is 10.7. The summed E-state index contributed by atoms with van der Waals surface area (Å²) in [4.78, 5) is 25.8. The minimum absolute atomic E-state index is 0.132. The third-order valence-electron chi connectivity index (χ3n) is 5.19. The minimum atomic E-state index is -3.67. The van der Waals surface area contributed by atoms with Crippen LogP contribution in [0.4, 0.5) is 4.79 Å². The molecule has 196 valence electrons. The van der Waals surface area contributed by atoms with Gasteiger partial charge in [0.25, 0.3) is 0 Å². The van der Waals surface area contributed by atoms with E-state index in [9.17, 15) is 18.0 Å². The number of benzene rings is 2. The number of nitrogens with one attached hydrogen (secondary N) is 2. The fourth-order valence-corrected chi connectivity index (χ4v) is 4.60. The second-order valence-corrected chi connectivity index (χ2v) is 12.0. The number of aryl methyl sites for hydroxylation is 1. The normalized spacial score (nSPS) is 13.8. The topological polar surface area (TPSA) is 102 Å². The molecule has 0 saturated carbocycles. The first-order valence-corrected chi connectivity index (χ1v) is 13.7. The average molecular weight is 515 g/mol. The Morgan fingerprint density at radius 2 is 1.53 bits per heavy atom. The van der Waals surface area contributed by atoms with Crippen molar-refractivity contribution in [2.24, 2.45) is 5.92 Å². The Labute approximate surface area is 215 Å². The second-order valence-electron chi connectivity index (χ2n) is 10.2. The monoisotopic (exact) mass is 514 g/mol. The summed E-state index contributed by atoms with van der Waals surface area (Å²) >= 11 is 0. The molecule has 0 saturated heterocycles. The largest absolute Gasteiger partial charge is 0.444 e. The van der Waals surface area contributed by atoms with Gasteiger partial charge in [-0.25, -0.2) is 13.2 Å². The van der Waals surface area contributed by atoms with Crippen LogP contribution in [0.2, 0.25) is 0 Å². The van der Waals surface area contributed by atoms with E-state index in [2.05, 4.69) is 10.6 Å². The zero-order valence-corrected chi connectivity index (χ0v) is 22.5. The van der Waals surface area contributed by atoms with E-state index in [1.54, 1.807) is 39.0 Å². The Hall–Kier alpha value is -3.13. The number of sulfone groups is 1. The number of ether oxygens (including phenoxy) is 1. The van der Waals surface area contributed by atoms with Gasteiger partial charge in [-0.1, -0.05) is 68.5 Å². The maximum absolute atomic E-state index is 13.2. The number of carbonyl (C=O) groups is 2. The van der Waals surface area contributed by atoms with Crippen molar-refractivity contribution in [3.8, 4) is 0 Å². The Morgan fingerprint density at radius 3 is 2.08 bits per heavy atom. The molecule has 0 unspecified atom stereocenters. The molecule has 0 fully saturated rings. The van der Waals surface area contributed by atoms with Gasteiger partial charge in [0.2, 0.25) is 5.91 Å². The van der Waals surface area contributed by atoms with Crippen LogP contribution in [0.5, 0.6) is 0 Å². The summed E-state index contributed by atoms with van der Waals surface area (Å²) in [6, 6.07) is 16.5. The summed E-state index contributed by atoms with van der Waals surface area (Å²) in [7, 11) is -3.67. The molecule has 2 aromatic rings. The number of alkyl carbamates (subject to hydrolysis) is 1. The van der Waals surface area contributed by atoms with Crippen LogP contribution in [0.1, 0.15) is 53.0 Å². The highest BCUT2D eigenvalue weighted by molar-refractivity contribution is 7.94. The summed E-state index contributed by atoms with van der Waals surface area (Å²) in [5, 5.41) is 6.73. The van der Waals surface area contributed by atoms with Crippen LogP contribution >= 0.6 is 0 Å². The number of hydrogen-bond acceptors (Lipinski definition) is 5. The smallest absolute Gasteiger partial charge is 0.408 e. The maximum atomic E-state index is 13.2. The molecule has 0 heterocycles. The first-order chi connectivity index (χ1) is 16.9. The lowest BCUT2D eigenvalue weighted by Crippen LogP contribution is -2.51. The molecule has 2 rings (SSSR count). The van der Waals surface area contributed by atoms with Crippen LogP contribution in [0.3, 0.4) is 0 Å². The number of rotatable bonds is 11. The van der Waals surface area contributed by atoms with Gasteiger partial charge in [-0.3, -0.25) is 4.79 Å². The second kappa shape index (κ2) is 13.3. The van der Waals surface area contributed by atoms with E-state index in [0.29, 0.717) is 19.3 Å². The van der Waals surface area contributed by atoms with Crippen LogP contribution in [0.15, 0.2) is 77.0 Å². The van der Waals surface area contributed by atoms with E-state index in [-0.39, 0.29) is 10.8 Å². The van der Waals surface area contributed by atoms with Crippen molar-refractivity contribution in [3.05, 3.63) is 77.7 Å². The van der Waals surface area contributed by atoms with Crippen LogP contribution in [0, 0.1) is 5.92 Å². The molecule has 0 bridgehead atoms. The molecule has 0 spiro atoms. The molecule has 7 nitrogen and oxygen atoms in total. The first-order valence-electron chi connectivity index (χ1n) is 12.2. The molecular formula is C28H38N2O5S. The highest BCUT2D eigenvalue weighted by atomic mass is 32.2. The standard InChI is InChI=1S/C28H38N2O5S/c1-21(2)20-25(30-27(32)35-28(3,4)5)26(31)29-23(17-16-22-12-8-6-9-13-22)18-19-36(33,34)24-14-10-7-11-15-24/h6-15,18-19,21,23,25H,16-17,20H2,1-5H3,(H,29,31)(H,30,32)/b19-18+/t23-,25-/m0/s1. The zero-order valence-electron chi connectivity index (χ0n) is 21.7. The molecule has 36 heavy (non-hydrogen) atoms. The predicted octanol–water partition coefficient (Wildman–Crippen LogP) is 5.03. The lowest BCUT2D eigenvalue weighted by molar-refractivity contribution is -0.124. The zero-order chi connectivity index (χ0) is 26.8. The highest BCUT2D eigenvalue weighted by Crippen LogP contribution is 2.14. The summed E-state index contributed by atoms with van der Waals surface area (Å²) in [6.07, 6.45) is 2.35. The van der Waals surface area contributed by atoms with Crippen LogP contribution in [-0.4, -0.2) is 38.1 Å². The SMILES string of the molecule is CC(C)C[C@H](NC(=O)OC(C)(C)C)C(=O)N[C@H](/C=C/S(=O)(=O)c1ccccc1)CCc1ccccc1. The average Bonchev–Trinajstić information content (AvgIpc) is 2.80. The van der Waals surface area contributed by atoms with E-state index >= 15 is 0 Å².